The van der Waals surface area contributed by atoms with Crippen molar-refractivity contribution in [2.45, 2.75) is 16.3 Å². The third-order valence-electron chi connectivity index (χ3n) is 4.88. The molecule has 0 aliphatic heterocycles. The van der Waals surface area contributed by atoms with Crippen LogP contribution in [0.1, 0.15) is 5.56 Å². The lowest BCUT2D eigenvalue weighted by Crippen LogP contribution is -2.33. The van der Waals surface area contributed by atoms with Crippen LogP contribution in [-0.4, -0.2) is 48.5 Å². The minimum Gasteiger partial charge on any atom is -0.493 e. The van der Waals surface area contributed by atoms with E-state index in [9.17, 15) is 25.6 Å². The molecular weight excluding hydrogens is 504 g/mol. The predicted molar refractivity (Wildman–Crippen MR) is 123 cm³/mol. The highest BCUT2D eigenvalue weighted by Gasteiger charge is 2.26. The highest BCUT2D eigenvalue weighted by Crippen LogP contribution is 2.32. The lowest BCUT2D eigenvalue weighted by molar-refractivity contribution is 0.177. The number of hydrogen-bond donors (Lipinski definition) is 0. The first-order chi connectivity index (χ1) is 16.6. The summed E-state index contributed by atoms with van der Waals surface area (Å²) >= 11 is 0. The average Bonchev–Trinajstić information content (AvgIpc) is 2.82. The van der Waals surface area contributed by atoms with Gasteiger partial charge in [-0.2, -0.15) is 12.7 Å². The Balaban J connectivity index is 1.93. The molecule has 8 nitrogen and oxygen atoms in total. The molecule has 0 aromatic heterocycles. The maximum Gasteiger partial charge on any atom is 0.339 e. The molecule has 0 amide bonds. The van der Waals surface area contributed by atoms with Gasteiger partial charge in [0.05, 0.1) is 18.6 Å². The van der Waals surface area contributed by atoms with Crippen LogP contribution in [0.2, 0.25) is 0 Å². The van der Waals surface area contributed by atoms with Crippen LogP contribution >= 0.6 is 0 Å². The minimum absolute atomic E-state index is 0.0215. The Morgan fingerprint density at radius 3 is 1.89 bits per heavy atom. The van der Waals surface area contributed by atoms with Crippen molar-refractivity contribution in [3.63, 3.8) is 0 Å². The SMILES string of the molecule is COCCN(Cc1ccc(OC)c(OS(=O)(=O)c2ccc(F)cc2)c1)S(=O)(=O)c1ccc(F)cc1. The van der Waals surface area contributed by atoms with Crippen LogP contribution in [0.15, 0.2) is 76.5 Å². The van der Waals surface area contributed by atoms with Gasteiger partial charge in [-0.25, -0.2) is 17.2 Å². The van der Waals surface area contributed by atoms with Crippen molar-refractivity contribution in [1.82, 2.24) is 4.31 Å². The third-order valence-corrected chi connectivity index (χ3v) is 7.99. The molecule has 0 unspecified atom stereocenters. The van der Waals surface area contributed by atoms with Crippen LogP contribution < -0.4 is 8.92 Å². The molecule has 3 rings (SSSR count). The van der Waals surface area contributed by atoms with E-state index in [0.29, 0.717) is 5.56 Å². The molecule has 0 radical (unpaired) electrons. The minimum atomic E-state index is -4.33. The maximum atomic E-state index is 13.3. The quantitative estimate of drug-likeness (QED) is 0.352. The molecule has 0 saturated carbocycles. The molecule has 0 atom stereocenters. The molecule has 3 aromatic rings. The molecule has 0 spiro atoms. The highest BCUT2D eigenvalue weighted by molar-refractivity contribution is 7.89. The van der Waals surface area contributed by atoms with E-state index in [1.54, 1.807) is 6.07 Å². The highest BCUT2D eigenvalue weighted by atomic mass is 32.2. The van der Waals surface area contributed by atoms with E-state index in [1.807, 2.05) is 0 Å². The zero-order valence-electron chi connectivity index (χ0n) is 18.8. The van der Waals surface area contributed by atoms with Gasteiger partial charge >= 0.3 is 10.1 Å². The van der Waals surface area contributed by atoms with Crippen molar-refractivity contribution in [3.05, 3.63) is 83.9 Å². The number of halogens is 2. The van der Waals surface area contributed by atoms with Crippen LogP contribution in [0.25, 0.3) is 0 Å². The standard InChI is InChI=1S/C23H23F2NO7S2/c1-31-14-13-26(34(27,28)20-8-4-18(24)5-9-20)16-17-3-12-22(32-2)23(15-17)33-35(29,30)21-10-6-19(25)7-11-21/h3-12,15H,13-14,16H2,1-2H3. The van der Waals surface area contributed by atoms with Gasteiger partial charge in [-0.05, 0) is 66.2 Å². The third kappa shape index (κ3) is 6.54. The van der Waals surface area contributed by atoms with Crippen LogP contribution in [0.3, 0.4) is 0 Å². The largest absolute Gasteiger partial charge is 0.493 e. The van der Waals surface area contributed by atoms with Gasteiger partial charge in [-0.1, -0.05) is 6.07 Å². The van der Waals surface area contributed by atoms with Crippen molar-refractivity contribution in [2.24, 2.45) is 0 Å². The topological polar surface area (TPSA) is 99.2 Å². The molecule has 0 bridgehead atoms. The Labute approximate surface area is 202 Å². The molecule has 3 aromatic carbocycles. The molecule has 0 N–H and O–H groups in total. The van der Waals surface area contributed by atoms with E-state index < -0.39 is 31.8 Å². The van der Waals surface area contributed by atoms with Crippen LogP contribution in [0.5, 0.6) is 11.5 Å². The number of rotatable bonds is 11. The first-order valence-electron chi connectivity index (χ1n) is 10.2. The summed E-state index contributed by atoms with van der Waals surface area (Å²) in [6.45, 7) is -0.106. The van der Waals surface area contributed by atoms with Crippen LogP contribution in [0.4, 0.5) is 8.78 Å². The fourth-order valence-corrected chi connectivity index (χ4v) is 5.43. The Hall–Kier alpha value is -3.06. The molecule has 0 fully saturated rings. The first kappa shape index (κ1) is 26.5. The Morgan fingerprint density at radius 1 is 0.771 bits per heavy atom. The summed E-state index contributed by atoms with van der Waals surface area (Å²) in [5.41, 5.74) is 0.386. The van der Waals surface area contributed by atoms with E-state index in [4.69, 9.17) is 13.7 Å². The second-order valence-corrected chi connectivity index (χ2v) is 10.7. The van der Waals surface area contributed by atoms with Gasteiger partial charge in [0.2, 0.25) is 10.0 Å². The van der Waals surface area contributed by atoms with Crippen molar-refractivity contribution in [1.29, 1.82) is 0 Å². The zero-order chi connectivity index (χ0) is 25.6. The summed E-state index contributed by atoms with van der Waals surface area (Å²) in [6.07, 6.45) is 0. The van der Waals surface area contributed by atoms with Gasteiger partial charge in [0, 0.05) is 20.2 Å². The molecule has 12 heteroatoms. The summed E-state index contributed by atoms with van der Waals surface area (Å²) < 4.78 is 94.7. The van der Waals surface area contributed by atoms with Gasteiger partial charge in [0.1, 0.15) is 16.5 Å². The molecule has 0 heterocycles. The van der Waals surface area contributed by atoms with Gasteiger partial charge in [0.15, 0.2) is 11.5 Å². The zero-order valence-corrected chi connectivity index (χ0v) is 20.5. The number of hydrogen-bond acceptors (Lipinski definition) is 7. The summed E-state index contributed by atoms with van der Waals surface area (Å²) in [6, 6.07) is 12.8. The molecular formula is C23H23F2NO7S2. The molecule has 0 aliphatic rings. The van der Waals surface area contributed by atoms with Gasteiger partial charge in [0.25, 0.3) is 0 Å². The normalized spacial score (nSPS) is 12.0. The summed E-state index contributed by atoms with van der Waals surface area (Å²) in [5.74, 6) is -1.28. The molecule has 0 saturated heterocycles. The summed E-state index contributed by atoms with van der Waals surface area (Å²) in [4.78, 5) is -0.383. The van der Waals surface area contributed by atoms with Crippen molar-refractivity contribution < 1.29 is 39.3 Å². The molecule has 188 valence electrons. The fraction of sp³-hybridized carbons (Fsp3) is 0.217. The van der Waals surface area contributed by atoms with Crippen LogP contribution in [-0.2, 0) is 31.4 Å². The average molecular weight is 528 g/mol. The first-order valence-corrected chi connectivity index (χ1v) is 13.0. The molecule has 0 aliphatic carbocycles. The van der Waals surface area contributed by atoms with E-state index >= 15 is 0 Å². The van der Waals surface area contributed by atoms with Gasteiger partial charge in [-0.15, -0.1) is 0 Å². The Kier molecular flexibility index (Phi) is 8.43. The van der Waals surface area contributed by atoms with E-state index in [1.165, 1.54) is 26.4 Å². The van der Waals surface area contributed by atoms with E-state index in [0.717, 1.165) is 52.8 Å². The Bertz CT molecular complexity index is 1360. The lowest BCUT2D eigenvalue weighted by Gasteiger charge is -2.22. The number of nitrogens with zero attached hydrogens (tertiary/aromatic N) is 1. The maximum absolute atomic E-state index is 13.3. The summed E-state index contributed by atoms with van der Waals surface area (Å²) in [5, 5.41) is 0. The fourth-order valence-electron chi connectivity index (χ4n) is 3.09. The lowest BCUT2D eigenvalue weighted by atomic mass is 10.2. The van der Waals surface area contributed by atoms with Crippen molar-refractivity contribution in [3.8, 4) is 11.5 Å². The number of ether oxygens (including phenoxy) is 2. The van der Waals surface area contributed by atoms with Crippen molar-refractivity contribution >= 4 is 20.1 Å². The summed E-state index contributed by atoms with van der Waals surface area (Å²) in [7, 11) is -5.64. The number of sulfonamides is 1. The van der Waals surface area contributed by atoms with E-state index in [-0.39, 0.29) is 41.0 Å². The van der Waals surface area contributed by atoms with Crippen molar-refractivity contribution in [2.75, 3.05) is 27.4 Å². The number of methoxy groups -OCH3 is 2. The van der Waals surface area contributed by atoms with Gasteiger partial charge in [-0.3, -0.25) is 0 Å². The Morgan fingerprint density at radius 2 is 1.34 bits per heavy atom. The smallest absolute Gasteiger partial charge is 0.339 e. The monoisotopic (exact) mass is 527 g/mol. The molecule has 35 heavy (non-hydrogen) atoms. The van der Waals surface area contributed by atoms with Crippen LogP contribution in [0, 0.1) is 11.6 Å². The van der Waals surface area contributed by atoms with E-state index in [2.05, 4.69) is 0 Å². The number of benzene rings is 3. The van der Waals surface area contributed by atoms with Gasteiger partial charge < -0.3 is 13.7 Å². The predicted octanol–water partition coefficient (Wildman–Crippen LogP) is 3.58. The second kappa shape index (κ2) is 11.1. The second-order valence-electron chi connectivity index (χ2n) is 7.26.